The Bertz CT molecular complexity index is 1110. The SMILES string of the molecule is CC/C(=C(\c1ccc(C)cc1)c1ccc(/C=C/C(=O)O)cc1)c1ccc(F)cc1Cl. The van der Waals surface area contributed by atoms with Gasteiger partial charge in [-0.1, -0.05) is 78.7 Å². The Labute approximate surface area is 181 Å². The van der Waals surface area contributed by atoms with Crippen molar-refractivity contribution in [1.82, 2.24) is 0 Å². The minimum absolute atomic E-state index is 0.370. The summed E-state index contributed by atoms with van der Waals surface area (Å²) in [7, 11) is 0. The maximum Gasteiger partial charge on any atom is 0.328 e. The van der Waals surface area contributed by atoms with E-state index in [0.29, 0.717) is 11.4 Å². The molecule has 3 aromatic rings. The lowest BCUT2D eigenvalue weighted by Crippen LogP contribution is -1.96. The van der Waals surface area contributed by atoms with Gasteiger partial charge in [0.15, 0.2) is 0 Å². The minimum Gasteiger partial charge on any atom is -0.478 e. The lowest BCUT2D eigenvalue weighted by molar-refractivity contribution is -0.131. The van der Waals surface area contributed by atoms with Gasteiger partial charge in [-0.2, -0.15) is 0 Å². The van der Waals surface area contributed by atoms with Crippen LogP contribution in [0.4, 0.5) is 4.39 Å². The van der Waals surface area contributed by atoms with E-state index in [1.165, 1.54) is 12.1 Å². The average molecular weight is 421 g/mol. The third kappa shape index (κ3) is 5.05. The fourth-order valence-electron chi connectivity index (χ4n) is 3.40. The highest BCUT2D eigenvalue weighted by Crippen LogP contribution is 2.37. The Hall–Kier alpha value is -3.17. The molecule has 0 saturated carbocycles. The number of benzene rings is 3. The van der Waals surface area contributed by atoms with Crippen molar-refractivity contribution in [2.75, 3.05) is 0 Å². The molecule has 30 heavy (non-hydrogen) atoms. The van der Waals surface area contributed by atoms with Crippen LogP contribution in [0.5, 0.6) is 0 Å². The number of halogens is 2. The highest BCUT2D eigenvalue weighted by atomic mass is 35.5. The number of allylic oxidation sites excluding steroid dienone is 1. The van der Waals surface area contributed by atoms with Gasteiger partial charge in [-0.15, -0.1) is 0 Å². The van der Waals surface area contributed by atoms with E-state index in [9.17, 15) is 9.18 Å². The highest BCUT2D eigenvalue weighted by Gasteiger charge is 2.15. The van der Waals surface area contributed by atoms with Gasteiger partial charge in [-0.05, 0) is 65.0 Å². The molecule has 0 spiro atoms. The summed E-state index contributed by atoms with van der Waals surface area (Å²) >= 11 is 6.40. The summed E-state index contributed by atoms with van der Waals surface area (Å²) in [6.45, 7) is 4.08. The Kier molecular flexibility index (Phi) is 6.86. The molecule has 4 heteroatoms. The molecule has 0 heterocycles. The van der Waals surface area contributed by atoms with Gasteiger partial charge in [0.1, 0.15) is 5.82 Å². The third-order valence-electron chi connectivity index (χ3n) is 4.87. The number of hydrogen-bond acceptors (Lipinski definition) is 1. The first-order valence-corrected chi connectivity index (χ1v) is 10.0. The fraction of sp³-hybridized carbons (Fsp3) is 0.115. The molecule has 0 aliphatic carbocycles. The zero-order chi connectivity index (χ0) is 21.7. The summed E-state index contributed by atoms with van der Waals surface area (Å²) in [6, 6.07) is 20.4. The lowest BCUT2D eigenvalue weighted by atomic mass is 9.87. The molecule has 0 amide bonds. The van der Waals surface area contributed by atoms with Crippen molar-refractivity contribution >= 4 is 34.8 Å². The van der Waals surface area contributed by atoms with Crippen LogP contribution in [0.25, 0.3) is 17.2 Å². The molecule has 1 N–H and O–H groups in total. The molecule has 3 rings (SSSR count). The Morgan fingerprint density at radius 2 is 1.60 bits per heavy atom. The maximum atomic E-state index is 13.6. The lowest BCUT2D eigenvalue weighted by Gasteiger charge is -2.18. The van der Waals surface area contributed by atoms with Crippen LogP contribution < -0.4 is 0 Å². The van der Waals surface area contributed by atoms with Crippen molar-refractivity contribution in [2.45, 2.75) is 20.3 Å². The molecular weight excluding hydrogens is 399 g/mol. The van der Waals surface area contributed by atoms with Crippen molar-refractivity contribution in [3.8, 4) is 0 Å². The second-order valence-corrected chi connectivity index (χ2v) is 7.40. The van der Waals surface area contributed by atoms with Gasteiger partial charge in [0.2, 0.25) is 0 Å². The summed E-state index contributed by atoms with van der Waals surface area (Å²) in [5.41, 5.74) is 6.78. The largest absolute Gasteiger partial charge is 0.478 e. The molecule has 2 nitrogen and oxygen atoms in total. The zero-order valence-electron chi connectivity index (χ0n) is 16.8. The molecule has 152 valence electrons. The molecular formula is C26H22ClFO2. The first-order chi connectivity index (χ1) is 14.4. The summed E-state index contributed by atoms with van der Waals surface area (Å²) in [5, 5.41) is 9.20. The minimum atomic E-state index is -0.987. The van der Waals surface area contributed by atoms with Crippen molar-refractivity contribution in [3.05, 3.63) is 111 Å². The zero-order valence-corrected chi connectivity index (χ0v) is 17.6. The van der Waals surface area contributed by atoms with E-state index < -0.39 is 5.97 Å². The molecule has 0 aliphatic heterocycles. The smallest absolute Gasteiger partial charge is 0.328 e. The van der Waals surface area contributed by atoms with Gasteiger partial charge >= 0.3 is 5.97 Å². The molecule has 3 aromatic carbocycles. The number of rotatable bonds is 6. The Balaban J connectivity index is 2.21. The Morgan fingerprint density at radius 3 is 2.13 bits per heavy atom. The quantitative estimate of drug-likeness (QED) is 0.336. The second-order valence-electron chi connectivity index (χ2n) is 6.99. The van der Waals surface area contributed by atoms with E-state index >= 15 is 0 Å². The van der Waals surface area contributed by atoms with Gasteiger partial charge in [-0.3, -0.25) is 0 Å². The van der Waals surface area contributed by atoms with Crippen LogP contribution in [0.3, 0.4) is 0 Å². The molecule has 0 fully saturated rings. The van der Waals surface area contributed by atoms with Gasteiger partial charge < -0.3 is 5.11 Å². The van der Waals surface area contributed by atoms with Crippen LogP contribution in [0.2, 0.25) is 5.02 Å². The van der Waals surface area contributed by atoms with Crippen molar-refractivity contribution in [1.29, 1.82) is 0 Å². The van der Waals surface area contributed by atoms with Crippen LogP contribution in [0.1, 0.15) is 41.2 Å². The number of carboxylic acid groups (broad SMARTS) is 1. The van der Waals surface area contributed by atoms with Crippen LogP contribution in [0, 0.1) is 12.7 Å². The molecule has 0 atom stereocenters. The first kappa shape index (κ1) is 21.5. The van der Waals surface area contributed by atoms with E-state index in [1.54, 1.807) is 12.1 Å². The molecule has 0 aromatic heterocycles. The van der Waals surface area contributed by atoms with Crippen molar-refractivity contribution in [2.24, 2.45) is 0 Å². The molecule has 0 saturated heterocycles. The van der Waals surface area contributed by atoms with E-state index in [2.05, 4.69) is 24.3 Å². The van der Waals surface area contributed by atoms with E-state index in [0.717, 1.165) is 45.0 Å². The fourth-order valence-corrected chi connectivity index (χ4v) is 3.68. The predicted octanol–water partition coefficient (Wildman–Crippen LogP) is 7.25. The summed E-state index contributed by atoms with van der Waals surface area (Å²) < 4.78 is 13.6. The van der Waals surface area contributed by atoms with Gasteiger partial charge in [-0.25, -0.2) is 9.18 Å². The normalized spacial score (nSPS) is 12.1. The average Bonchev–Trinajstić information content (AvgIpc) is 2.72. The number of carboxylic acids is 1. The second kappa shape index (κ2) is 9.55. The topological polar surface area (TPSA) is 37.3 Å². The first-order valence-electron chi connectivity index (χ1n) is 9.66. The van der Waals surface area contributed by atoms with Crippen molar-refractivity contribution in [3.63, 3.8) is 0 Å². The number of hydrogen-bond donors (Lipinski definition) is 1. The molecule has 0 radical (unpaired) electrons. The Morgan fingerprint density at radius 1 is 1.00 bits per heavy atom. The monoisotopic (exact) mass is 420 g/mol. The summed E-state index contributed by atoms with van der Waals surface area (Å²) in [5.74, 6) is -1.36. The van der Waals surface area contributed by atoms with Gasteiger partial charge in [0, 0.05) is 6.08 Å². The highest BCUT2D eigenvalue weighted by molar-refractivity contribution is 6.32. The number of carbonyl (C=O) groups is 1. The maximum absolute atomic E-state index is 13.6. The number of aliphatic carboxylic acids is 1. The predicted molar refractivity (Wildman–Crippen MR) is 122 cm³/mol. The van der Waals surface area contributed by atoms with Gasteiger partial charge in [0.25, 0.3) is 0 Å². The summed E-state index contributed by atoms with van der Waals surface area (Å²) in [6.07, 6.45) is 3.37. The van der Waals surface area contributed by atoms with Crippen LogP contribution in [-0.2, 0) is 4.79 Å². The van der Waals surface area contributed by atoms with Crippen LogP contribution in [-0.4, -0.2) is 11.1 Å². The van der Waals surface area contributed by atoms with E-state index in [-0.39, 0.29) is 5.82 Å². The number of aryl methyl sites for hydroxylation is 1. The third-order valence-corrected chi connectivity index (χ3v) is 5.18. The van der Waals surface area contributed by atoms with E-state index in [4.69, 9.17) is 16.7 Å². The molecule has 0 aliphatic rings. The van der Waals surface area contributed by atoms with Crippen LogP contribution in [0.15, 0.2) is 72.8 Å². The standard InChI is InChI=1S/C26H22ClFO2/c1-3-22(23-14-13-21(28)16-24(23)27)26(19-9-4-17(2)5-10-19)20-11-6-18(7-12-20)8-15-25(29)30/h4-16H,3H2,1-2H3,(H,29,30)/b15-8+,26-22-. The molecule has 0 bridgehead atoms. The van der Waals surface area contributed by atoms with Gasteiger partial charge in [0.05, 0.1) is 5.02 Å². The van der Waals surface area contributed by atoms with E-state index in [1.807, 2.05) is 38.1 Å². The van der Waals surface area contributed by atoms with Crippen molar-refractivity contribution < 1.29 is 14.3 Å². The molecule has 0 unspecified atom stereocenters. The van der Waals surface area contributed by atoms with Crippen LogP contribution >= 0.6 is 11.6 Å². The summed E-state index contributed by atoms with van der Waals surface area (Å²) in [4.78, 5) is 10.8.